The number of para-hydroxylation sites is 2. The quantitative estimate of drug-likeness (QED) is 0.511. The van der Waals surface area contributed by atoms with Gasteiger partial charge in [0.25, 0.3) is 0 Å². The molecule has 1 aromatic heterocycles. The Morgan fingerprint density at radius 3 is 2.70 bits per heavy atom. The number of amides is 1. The molecule has 0 saturated heterocycles. The van der Waals surface area contributed by atoms with Gasteiger partial charge in [-0.25, -0.2) is 4.98 Å². The molecule has 150 valence electrons. The van der Waals surface area contributed by atoms with Crippen LogP contribution in [0, 0.1) is 0 Å². The maximum Gasteiger partial charge on any atom is 0.244 e. The Kier molecular flexibility index (Phi) is 4.77. The van der Waals surface area contributed by atoms with Crippen molar-refractivity contribution >= 4 is 34.2 Å². The summed E-state index contributed by atoms with van der Waals surface area (Å²) in [6.07, 6.45) is 0.600. The normalized spacial score (nSPS) is 12.3. The van der Waals surface area contributed by atoms with Crippen molar-refractivity contribution in [3.05, 3.63) is 83.1 Å². The minimum Gasteiger partial charge on any atom is -0.454 e. The molecule has 1 aliphatic heterocycles. The van der Waals surface area contributed by atoms with Gasteiger partial charge in [0.15, 0.2) is 11.5 Å². The number of hydrogen-bond donors (Lipinski definition) is 1. The Labute approximate surface area is 178 Å². The highest BCUT2D eigenvalue weighted by molar-refractivity contribution is 6.30. The molecule has 0 aliphatic carbocycles. The molecular weight excluding hydrogens is 402 g/mol. The first kappa shape index (κ1) is 18.5. The van der Waals surface area contributed by atoms with Gasteiger partial charge in [-0.05, 0) is 42.0 Å². The zero-order valence-electron chi connectivity index (χ0n) is 16.0. The highest BCUT2D eigenvalue weighted by Crippen LogP contribution is 2.34. The van der Waals surface area contributed by atoms with Gasteiger partial charge in [-0.15, -0.1) is 0 Å². The van der Waals surface area contributed by atoms with Gasteiger partial charge in [0.2, 0.25) is 12.7 Å². The van der Waals surface area contributed by atoms with Crippen LogP contribution in [0.3, 0.4) is 0 Å². The molecule has 2 heterocycles. The lowest BCUT2D eigenvalue weighted by Crippen LogP contribution is -2.20. The number of carbonyl (C=O) groups is 1. The van der Waals surface area contributed by atoms with Crippen LogP contribution in [0.4, 0.5) is 5.69 Å². The molecule has 0 atom stereocenters. The Balaban J connectivity index is 1.41. The van der Waals surface area contributed by atoms with Gasteiger partial charge < -0.3 is 19.4 Å². The minimum absolute atomic E-state index is 0.144. The zero-order valence-corrected chi connectivity index (χ0v) is 16.7. The maximum absolute atomic E-state index is 12.8. The van der Waals surface area contributed by atoms with Crippen LogP contribution in [0.15, 0.2) is 66.7 Å². The molecule has 1 aliphatic rings. The summed E-state index contributed by atoms with van der Waals surface area (Å²) in [7, 11) is 0. The minimum atomic E-state index is -0.144. The van der Waals surface area contributed by atoms with Gasteiger partial charge in [-0.2, -0.15) is 0 Å². The monoisotopic (exact) mass is 419 g/mol. The molecule has 0 spiro atoms. The molecule has 6 nitrogen and oxygen atoms in total. The Morgan fingerprint density at radius 2 is 1.83 bits per heavy atom. The van der Waals surface area contributed by atoms with E-state index < -0.39 is 0 Å². The molecule has 0 unspecified atom stereocenters. The second-order valence-corrected chi connectivity index (χ2v) is 7.46. The molecule has 0 saturated carbocycles. The SMILES string of the molecule is O=C(Cn1c(Cc2ccc(Cl)cc2)nc2ccccc21)Nc1ccc2c(c1)OCO2. The highest BCUT2D eigenvalue weighted by atomic mass is 35.5. The fraction of sp³-hybridized carbons (Fsp3) is 0.130. The van der Waals surface area contributed by atoms with Crippen molar-refractivity contribution < 1.29 is 14.3 Å². The third kappa shape index (κ3) is 3.69. The summed E-state index contributed by atoms with van der Waals surface area (Å²) in [5, 5.41) is 3.62. The molecular formula is C23H18ClN3O3. The number of fused-ring (bicyclic) bond motifs is 2. The largest absolute Gasteiger partial charge is 0.454 e. The Morgan fingerprint density at radius 1 is 1.03 bits per heavy atom. The van der Waals surface area contributed by atoms with E-state index in [1.54, 1.807) is 18.2 Å². The zero-order chi connectivity index (χ0) is 20.5. The van der Waals surface area contributed by atoms with E-state index in [2.05, 4.69) is 5.32 Å². The topological polar surface area (TPSA) is 65.4 Å². The predicted molar refractivity (Wildman–Crippen MR) is 115 cm³/mol. The van der Waals surface area contributed by atoms with Crippen molar-refractivity contribution in [2.45, 2.75) is 13.0 Å². The molecule has 0 radical (unpaired) electrons. The fourth-order valence-electron chi connectivity index (χ4n) is 3.54. The second kappa shape index (κ2) is 7.72. The van der Waals surface area contributed by atoms with E-state index in [1.807, 2.05) is 53.1 Å². The van der Waals surface area contributed by atoms with Crippen LogP contribution in [0.1, 0.15) is 11.4 Å². The van der Waals surface area contributed by atoms with E-state index in [0.717, 1.165) is 22.4 Å². The number of halogens is 1. The summed E-state index contributed by atoms with van der Waals surface area (Å²) in [4.78, 5) is 17.6. The van der Waals surface area contributed by atoms with E-state index in [-0.39, 0.29) is 19.2 Å². The first-order valence-electron chi connectivity index (χ1n) is 9.54. The molecule has 0 bridgehead atoms. The fourth-order valence-corrected chi connectivity index (χ4v) is 3.67. The molecule has 7 heteroatoms. The van der Waals surface area contributed by atoms with Crippen molar-refractivity contribution in [1.29, 1.82) is 0 Å². The summed E-state index contributed by atoms with van der Waals surface area (Å²) in [6, 6.07) is 20.8. The lowest BCUT2D eigenvalue weighted by molar-refractivity contribution is -0.116. The van der Waals surface area contributed by atoms with Crippen molar-refractivity contribution in [2.24, 2.45) is 0 Å². The van der Waals surface area contributed by atoms with Gasteiger partial charge >= 0.3 is 0 Å². The van der Waals surface area contributed by atoms with Gasteiger partial charge in [-0.1, -0.05) is 35.9 Å². The van der Waals surface area contributed by atoms with Gasteiger partial charge in [0.05, 0.1) is 11.0 Å². The summed E-state index contributed by atoms with van der Waals surface area (Å²) < 4.78 is 12.6. The van der Waals surface area contributed by atoms with Gasteiger partial charge in [0.1, 0.15) is 12.4 Å². The smallest absolute Gasteiger partial charge is 0.244 e. The summed E-state index contributed by atoms with van der Waals surface area (Å²) in [5.41, 5.74) is 3.51. The van der Waals surface area contributed by atoms with Crippen molar-refractivity contribution in [2.75, 3.05) is 12.1 Å². The molecule has 4 aromatic rings. The molecule has 3 aromatic carbocycles. The number of hydrogen-bond acceptors (Lipinski definition) is 4. The molecule has 30 heavy (non-hydrogen) atoms. The van der Waals surface area contributed by atoms with Crippen molar-refractivity contribution in [3.8, 4) is 11.5 Å². The maximum atomic E-state index is 12.8. The number of aromatic nitrogens is 2. The molecule has 1 amide bonds. The number of nitrogens with one attached hydrogen (secondary N) is 1. The molecule has 1 N–H and O–H groups in total. The van der Waals surface area contributed by atoms with Crippen LogP contribution in [0.5, 0.6) is 11.5 Å². The number of imidazole rings is 1. The number of nitrogens with zero attached hydrogens (tertiary/aromatic N) is 2. The lowest BCUT2D eigenvalue weighted by Gasteiger charge is -2.11. The standard InChI is InChI=1S/C23H18ClN3O3/c24-16-7-5-15(6-8-16)11-22-26-18-3-1-2-4-19(18)27(22)13-23(28)25-17-9-10-20-21(12-17)30-14-29-20/h1-10,12H,11,13-14H2,(H,25,28). The van der Waals surface area contributed by atoms with Crippen LogP contribution in [0.2, 0.25) is 5.02 Å². The first-order valence-corrected chi connectivity index (χ1v) is 9.91. The number of carbonyl (C=O) groups excluding carboxylic acids is 1. The highest BCUT2D eigenvalue weighted by Gasteiger charge is 2.17. The van der Waals surface area contributed by atoms with Crippen LogP contribution in [-0.4, -0.2) is 22.3 Å². The average Bonchev–Trinajstić information content (AvgIpc) is 3.34. The number of ether oxygens (including phenoxy) is 2. The molecule has 5 rings (SSSR count). The second-order valence-electron chi connectivity index (χ2n) is 7.02. The van der Waals surface area contributed by atoms with E-state index in [4.69, 9.17) is 26.1 Å². The van der Waals surface area contributed by atoms with Crippen molar-refractivity contribution in [3.63, 3.8) is 0 Å². The van der Waals surface area contributed by atoms with Crippen LogP contribution < -0.4 is 14.8 Å². The van der Waals surface area contributed by atoms with Crippen LogP contribution in [0.25, 0.3) is 11.0 Å². The van der Waals surface area contributed by atoms with Crippen LogP contribution in [-0.2, 0) is 17.8 Å². The summed E-state index contributed by atoms with van der Waals surface area (Å²) in [6.45, 7) is 0.347. The van der Waals surface area contributed by atoms with Crippen molar-refractivity contribution in [1.82, 2.24) is 9.55 Å². The first-order chi connectivity index (χ1) is 14.7. The van der Waals surface area contributed by atoms with E-state index in [0.29, 0.717) is 28.6 Å². The summed E-state index contributed by atoms with van der Waals surface area (Å²) in [5.74, 6) is 1.98. The number of anilines is 1. The van der Waals surface area contributed by atoms with E-state index in [1.165, 1.54) is 0 Å². The Bertz CT molecular complexity index is 1230. The lowest BCUT2D eigenvalue weighted by atomic mass is 10.1. The third-order valence-electron chi connectivity index (χ3n) is 4.97. The van der Waals surface area contributed by atoms with Gasteiger partial charge in [0, 0.05) is 23.2 Å². The number of rotatable bonds is 5. The van der Waals surface area contributed by atoms with E-state index in [9.17, 15) is 4.79 Å². The third-order valence-corrected chi connectivity index (χ3v) is 5.22. The predicted octanol–water partition coefficient (Wildman–Crippen LogP) is 4.65. The Hall–Kier alpha value is -3.51. The molecule has 0 fully saturated rings. The number of benzene rings is 3. The average molecular weight is 420 g/mol. The van der Waals surface area contributed by atoms with Crippen LogP contribution >= 0.6 is 11.6 Å². The van der Waals surface area contributed by atoms with Gasteiger partial charge in [-0.3, -0.25) is 4.79 Å². The summed E-state index contributed by atoms with van der Waals surface area (Å²) >= 11 is 6.00. The van der Waals surface area contributed by atoms with E-state index >= 15 is 0 Å².